The zero-order chi connectivity index (χ0) is 15.5. The van der Waals surface area contributed by atoms with Crippen LogP contribution in [-0.2, 0) is 4.79 Å². The number of ketones is 1. The first-order valence-electron chi connectivity index (χ1n) is 6.17. The van der Waals surface area contributed by atoms with E-state index in [-0.39, 0.29) is 5.56 Å². The summed E-state index contributed by atoms with van der Waals surface area (Å²) in [6.45, 7) is 4.45. The highest BCUT2D eigenvalue weighted by Crippen LogP contribution is 2.26. The predicted octanol–water partition coefficient (Wildman–Crippen LogP) is 2.76. The van der Waals surface area contributed by atoms with Gasteiger partial charge < -0.3 is 10.4 Å². The van der Waals surface area contributed by atoms with Crippen molar-refractivity contribution in [2.24, 2.45) is 0 Å². The molecular formula is C14H17Cl2NO3. The van der Waals surface area contributed by atoms with E-state index in [4.69, 9.17) is 28.3 Å². The molecule has 20 heavy (non-hydrogen) atoms. The van der Waals surface area contributed by atoms with Crippen LogP contribution >= 0.6 is 23.2 Å². The molecule has 0 aliphatic rings. The molecule has 1 amide bonds. The molecule has 0 saturated heterocycles. The Morgan fingerprint density at radius 2 is 1.80 bits per heavy atom. The third-order valence-electron chi connectivity index (χ3n) is 3.40. The number of nitrogens with one attached hydrogen (secondary N) is 1. The van der Waals surface area contributed by atoms with E-state index >= 15 is 0 Å². The molecule has 0 aliphatic heterocycles. The number of hydrogen-bond acceptors (Lipinski definition) is 3. The van der Waals surface area contributed by atoms with E-state index in [0.717, 1.165) is 0 Å². The normalized spacial score (nSPS) is 13.7. The molecule has 1 atom stereocenters. The van der Waals surface area contributed by atoms with Crippen molar-refractivity contribution >= 4 is 34.9 Å². The number of aliphatic hydroxyl groups is 1. The Bertz CT molecular complexity index is 522. The second-order valence-electron chi connectivity index (χ2n) is 4.79. The molecule has 1 aromatic carbocycles. The van der Waals surface area contributed by atoms with Crippen LogP contribution in [-0.4, -0.2) is 28.9 Å². The summed E-state index contributed by atoms with van der Waals surface area (Å²) in [5, 5.41) is 12.4. The molecule has 0 radical (unpaired) electrons. The third kappa shape index (κ3) is 3.51. The summed E-state index contributed by atoms with van der Waals surface area (Å²) in [7, 11) is 0. The Morgan fingerprint density at radius 3 is 2.20 bits per heavy atom. The highest BCUT2D eigenvalue weighted by Gasteiger charge is 2.32. The van der Waals surface area contributed by atoms with Crippen LogP contribution in [0.1, 0.15) is 36.2 Å². The molecule has 0 fully saturated rings. The van der Waals surface area contributed by atoms with Gasteiger partial charge in [-0.2, -0.15) is 0 Å². The molecular weight excluding hydrogens is 301 g/mol. The Balaban J connectivity index is 3.05. The fourth-order valence-corrected chi connectivity index (χ4v) is 2.12. The van der Waals surface area contributed by atoms with Gasteiger partial charge in [0.2, 0.25) is 0 Å². The molecule has 110 valence electrons. The van der Waals surface area contributed by atoms with Gasteiger partial charge in [-0.3, -0.25) is 9.59 Å². The zero-order valence-electron chi connectivity index (χ0n) is 11.6. The molecule has 0 aromatic heterocycles. The number of carbonyl (C=O) groups is 2. The Labute approximate surface area is 128 Å². The van der Waals surface area contributed by atoms with Crippen molar-refractivity contribution in [1.29, 1.82) is 0 Å². The molecule has 2 N–H and O–H groups in total. The van der Waals surface area contributed by atoms with Crippen molar-refractivity contribution in [3.63, 3.8) is 0 Å². The lowest BCUT2D eigenvalue weighted by molar-refractivity contribution is -0.127. The largest absolute Gasteiger partial charge is 0.388 e. The van der Waals surface area contributed by atoms with Gasteiger partial charge >= 0.3 is 0 Å². The van der Waals surface area contributed by atoms with Gasteiger partial charge in [-0.15, -0.1) is 0 Å². The van der Waals surface area contributed by atoms with E-state index in [0.29, 0.717) is 22.0 Å². The number of Topliss-reactive ketones (excluding diaryl/α,β-unsaturated/α-hetero) is 1. The molecule has 1 rings (SSSR count). The maximum Gasteiger partial charge on any atom is 0.252 e. The maximum atomic E-state index is 12.2. The Hall–Kier alpha value is -1.10. The smallest absolute Gasteiger partial charge is 0.252 e. The SMILES string of the molecule is CCC(C)(NC(=O)c1cc(Cl)c(C)c(Cl)c1)C(=O)CO. The van der Waals surface area contributed by atoms with E-state index < -0.39 is 23.8 Å². The van der Waals surface area contributed by atoms with Crippen LogP contribution in [0.2, 0.25) is 10.0 Å². The Kier molecular flexibility index (Phi) is 5.57. The van der Waals surface area contributed by atoms with Crippen LogP contribution in [0, 0.1) is 6.92 Å². The summed E-state index contributed by atoms with van der Waals surface area (Å²) in [5.41, 5.74) is -0.152. The van der Waals surface area contributed by atoms with Gasteiger partial charge in [-0.25, -0.2) is 0 Å². The van der Waals surface area contributed by atoms with Crippen LogP contribution in [0.4, 0.5) is 0 Å². The molecule has 1 unspecified atom stereocenters. The minimum absolute atomic E-state index is 0.274. The van der Waals surface area contributed by atoms with E-state index in [1.54, 1.807) is 20.8 Å². The molecule has 0 saturated carbocycles. The first-order valence-corrected chi connectivity index (χ1v) is 6.93. The standard InChI is InChI=1S/C14H17Cl2NO3/c1-4-14(3,12(19)7-18)17-13(20)9-5-10(15)8(2)11(16)6-9/h5-6,18H,4,7H2,1-3H3,(H,17,20). The minimum Gasteiger partial charge on any atom is -0.388 e. The zero-order valence-corrected chi connectivity index (χ0v) is 13.1. The quantitative estimate of drug-likeness (QED) is 0.877. The highest BCUT2D eigenvalue weighted by molar-refractivity contribution is 6.36. The molecule has 0 bridgehead atoms. The second-order valence-corrected chi connectivity index (χ2v) is 5.60. The van der Waals surface area contributed by atoms with E-state index in [2.05, 4.69) is 5.32 Å². The van der Waals surface area contributed by atoms with Crippen molar-refractivity contribution in [3.8, 4) is 0 Å². The predicted molar refractivity (Wildman–Crippen MR) is 79.5 cm³/mol. The summed E-state index contributed by atoms with van der Waals surface area (Å²) in [4.78, 5) is 23.9. The summed E-state index contributed by atoms with van der Waals surface area (Å²) in [6.07, 6.45) is 0.367. The topological polar surface area (TPSA) is 66.4 Å². The van der Waals surface area contributed by atoms with Crippen molar-refractivity contribution in [1.82, 2.24) is 5.32 Å². The minimum atomic E-state index is -1.12. The third-order valence-corrected chi connectivity index (χ3v) is 4.18. The van der Waals surface area contributed by atoms with Crippen molar-refractivity contribution in [3.05, 3.63) is 33.3 Å². The van der Waals surface area contributed by atoms with Crippen LogP contribution in [0.5, 0.6) is 0 Å². The number of halogens is 2. The van der Waals surface area contributed by atoms with Crippen LogP contribution in [0.3, 0.4) is 0 Å². The Morgan fingerprint density at radius 1 is 1.30 bits per heavy atom. The molecule has 0 aliphatic carbocycles. The number of aliphatic hydroxyl groups excluding tert-OH is 1. The molecule has 0 heterocycles. The van der Waals surface area contributed by atoms with Crippen LogP contribution in [0.15, 0.2) is 12.1 Å². The van der Waals surface area contributed by atoms with Gasteiger partial charge in [0, 0.05) is 15.6 Å². The van der Waals surface area contributed by atoms with Gasteiger partial charge in [0.05, 0.1) is 5.54 Å². The van der Waals surface area contributed by atoms with Crippen LogP contribution in [0.25, 0.3) is 0 Å². The van der Waals surface area contributed by atoms with Gasteiger partial charge in [-0.1, -0.05) is 30.1 Å². The first-order chi connectivity index (χ1) is 9.25. The summed E-state index contributed by atoms with van der Waals surface area (Å²) in [5.74, 6) is -0.905. The number of carbonyl (C=O) groups excluding carboxylic acids is 2. The first kappa shape index (κ1) is 17.0. The lowest BCUT2D eigenvalue weighted by Crippen LogP contribution is -2.52. The van der Waals surface area contributed by atoms with E-state index in [1.165, 1.54) is 12.1 Å². The molecule has 0 spiro atoms. The fraction of sp³-hybridized carbons (Fsp3) is 0.429. The average molecular weight is 318 g/mol. The van der Waals surface area contributed by atoms with Crippen molar-refractivity contribution in [2.75, 3.05) is 6.61 Å². The van der Waals surface area contributed by atoms with E-state index in [9.17, 15) is 9.59 Å². The lowest BCUT2D eigenvalue weighted by atomic mass is 9.93. The average Bonchev–Trinajstić information content (AvgIpc) is 2.42. The highest BCUT2D eigenvalue weighted by atomic mass is 35.5. The van der Waals surface area contributed by atoms with Crippen LogP contribution < -0.4 is 5.32 Å². The number of hydrogen-bond donors (Lipinski definition) is 2. The van der Waals surface area contributed by atoms with Gasteiger partial charge in [-0.05, 0) is 38.0 Å². The van der Waals surface area contributed by atoms with Gasteiger partial charge in [0.25, 0.3) is 5.91 Å². The molecule has 1 aromatic rings. The maximum absolute atomic E-state index is 12.2. The fourth-order valence-electron chi connectivity index (χ4n) is 1.63. The van der Waals surface area contributed by atoms with E-state index in [1.807, 2.05) is 0 Å². The molecule has 4 nitrogen and oxygen atoms in total. The lowest BCUT2D eigenvalue weighted by Gasteiger charge is -2.27. The van der Waals surface area contributed by atoms with Crippen molar-refractivity contribution in [2.45, 2.75) is 32.7 Å². The summed E-state index contributed by atoms with van der Waals surface area (Å²) in [6, 6.07) is 3.00. The van der Waals surface area contributed by atoms with Gasteiger partial charge in [0.15, 0.2) is 5.78 Å². The number of rotatable bonds is 5. The summed E-state index contributed by atoms with van der Waals surface area (Å²) >= 11 is 12.0. The number of benzene rings is 1. The van der Waals surface area contributed by atoms with Crippen molar-refractivity contribution < 1.29 is 14.7 Å². The second kappa shape index (κ2) is 6.57. The number of amides is 1. The summed E-state index contributed by atoms with van der Waals surface area (Å²) < 4.78 is 0. The van der Waals surface area contributed by atoms with Gasteiger partial charge in [0.1, 0.15) is 6.61 Å². The monoisotopic (exact) mass is 317 g/mol. The molecule has 6 heteroatoms.